The predicted octanol–water partition coefficient (Wildman–Crippen LogP) is 2.89. The van der Waals surface area contributed by atoms with Gasteiger partial charge in [0.2, 0.25) is 5.91 Å². The summed E-state index contributed by atoms with van der Waals surface area (Å²) in [6.45, 7) is 2.64. The fraction of sp³-hybridized carbons (Fsp3) is 0.250. The van der Waals surface area contributed by atoms with Crippen molar-refractivity contribution in [3.63, 3.8) is 0 Å². The molecular formula is C20H23N3O3S. The lowest BCUT2D eigenvalue weighted by atomic mass is 10.1. The molecule has 2 aromatic rings. The van der Waals surface area contributed by atoms with Crippen molar-refractivity contribution in [3.8, 4) is 5.75 Å². The summed E-state index contributed by atoms with van der Waals surface area (Å²) in [4.78, 5) is 24.0. The highest BCUT2D eigenvalue weighted by molar-refractivity contribution is 7.80. The number of carbonyl (C=O) groups is 2. The topological polar surface area (TPSA) is 79.5 Å². The number of amides is 2. The average molecular weight is 385 g/mol. The molecule has 142 valence electrons. The van der Waals surface area contributed by atoms with Crippen molar-refractivity contribution >= 4 is 34.8 Å². The summed E-state index contributed by atoms with van der Waals surface area (Å²) < 4.78 is 5.09. The number of ether oxygens (including phenoxy) is 1. The maximum absolute atomic E-state index is 12.1. The van der Waals surface area contributed by atoms with E-state index in [1.165, 1.54) is 0 Å². The second-order valence-electron chi connectivity index (χ2n) is 5.86. The van der Waals surface area contributed by atoms with Crippen molar-refractivity contribution in [3.05, 3.63) is 59.7 Å². The first-order valence-corrected chi connectivity index (χ1v) is 9.04. The molecular weight excluding hydrogens is 362 g/mol. The summed E-state index contributed by atoms with van der Waals surface area (Å²) in [6, 6.07) is 14.2. The van der Waals surface area contributed by atoms with E-state index in [1.807, 2.05) is 19.1 Å². The van der Waals surface area contributed by atoms with Crippen molar-refractivity contribution in [2.45, 2.75) is 19.8 Å². The highest BCUT2D eigenvalue weighted by Gasteiger charge is 2.08. The third kappa shape index (κ3) is 6.71. The molecule has 0 fully saturated rings. The molecule has 0 aromatic heterocycles. The van der Waals surface area contributed by atoms with Crippen LogP contribution in [0.1, 0.15) is 29.3 Å². The maximum Gasteiger partial charge on any atom is 0.251 e. The number of nitrogens with one attached hydrogen (secondary N) is 3. The van der Waals surface area contributed by atoms with Gasteiger partial charge in [-0.2, -0.15) is 0 Å². The zero-order valence-electron chi connectivity index (χ0n) is 15.4. The molecule has 0 aliphatic carbocycles. The van der Waals surface area contributed by atoms with Crippen LogP contribution in [-0.2, 0) is 11.2 Å². The van der Waals surface area contributed by atoms with Crippen LogP contribution < -0.4 is 20.7 Å². The Labute approximate surface area is 164 Å². The van der Waals surface area contributed by atoms with Gasteiger partial charge in [0.25, 0.3) is 5.91 Å². The highest BCUT2D eigenvalue weighted by Crippen LogP contribution is 2.12. The largest absolute Gasteiger partial charge is 0.497 e. The smallest absolute Gasteiger partial charge is 0.251 e. The van der Waals surface area contributed by atoms with E-state index in [-0.39, 0.29) is 23.3 Å². The Morgan fingerprint density at radius 3 is 2.30 bits per heavy atom. The van der Waals surface area contributed by atoms with Gasteiger partial charge in [0.1, 0.15) is 5.75 Å². The molecule has 0 bridgehead atoms. The molecule has 0 saturated heterocycles. The van der Waals surface area contributed by atoms with Crippen LogP contribution in [0.15, 0.2) is 48.5 Å². The van der Waals surface area contributed by atoms with Crippen LogP contribution in [0.3, 0.4) is 0 Å². The second kappa shape index (κ2) is 10.3. The molecule has 2 rings (SSSR count). The molecule has 3 N–H and O–H groups in total. The Hall–Kier alpha value is -2.93. The summed E-state index contributed by atoms with van der Waals surface area (Å²) in [7, 11) is 1.59. The lowest BCUT2D eigenvalue weighted by Gasteiger charge is -2.10. The molecule has 0 radical (unpaired) electrons. The minimum absolute atomic E-state index is 0.112. The number of benzene rings is 2. The van der Waals surface area contributed by atoms with Crippen molar-refractivity contribution in [1.29, 1.82) is 0 Å². The number of rotatable bonds is 7. The monoisotopic (exact) mass is 385 g/mol. The summed E-state index contributed by atoms with van der Waals surface area (Å²) in [6.07, 6.45) is 1.10. The van der Waals surface area contributed by atoms with Gasteiger partial charge in [-0.05, 0) is 60.6 Å². The fourth-order valence-corrected chi connectivity index (χ4v) is 2.54. The Balaban J connectivity index is 1.83. The lowest BCUT2D eigenvalue weighted by Crippen LogP contribution is -2.35. The van der Waals surface area contributed by atoms with Crippen molar-refractivity contribution < 1.29 is 14.3 Å². The quantitative estimate of drug-likeness (QED) is 0.639. The van der Waals surface area contributed by atoms with Gasteiger partial charge in [-0.1, -0.05) is 19.1 Å². The molecule has 0 aliphatic heterocycles. The Kier molecular flexibility index (Phi) is 7.76. The van der Waals surface area contributed by atoms with E-state index >= 15 is 0 Å². The van der Waals surface area contributed by atoms with Gasteiger partial charge >= 0.3 is 0 Å². The minimum atomic E-state index is -0.215. The standard InChI is InChI=1S/C20H23N3O3S/c1-3-12-21-19(25)15-6-8-16(9-7-15)22-20(27)23-18(24)13-14-4-10-17(26-2)11-5-14/h4-11H,3,12-13H2,1-2H3,(H,21,25)(H2,22,23,24,27). The second-order valence-corrected chi connectivity index (χ2v) is 6.27. The fourth-order valence-electron chi connectivity index (χ4n) is 2.31. The molecule has 2 aromatic carbocycles. The van der Waals surface area contributed by atoms with Crippen molar-refractivity contribution in [2.75, 3.05) is 19.0 Å². The van der Waals surface area contributed by atoms with Gasteiger partial charge in [-0.3, -0.25) is 9.59 Å². The molecule has 2 amide bonds. The van der Waals surface area contributed by atoms with Gasteiger partial charge in [0, 0.05) is 17.8 Å². The first-order chi connectivity index (χ1) is 13.0. The van der Waals surface area contributed by atoms with Crippen molar-refractivity contribution in [2.24, 2.45) is 0 Å². The van der Waals surface area contributed by atoms with Crippen molar-refractivity contribution in [1.82, 2.24) is 10.6 Å². The summed E-state index contributed by atoms with van der Waals surface area (Å²) in [5, 5.41) is 8.60. The van der Waals surface area contributed by atoms with Crippen LogP contribution in [0.4, 0.5) is 5.69 Å². The molecule has 0 unspecified atom stereocenters. The highest BCUT2D eigenvalue weighted by atomic mass is 32.1. The SMILES string of the molecule is CCCNC(=O)c1ccc(NC(=S)NC(=O)Cc2ccc(OC)cc2)cc1. The average Bonchev–Trinajstić information content (AvgIpc) is 2.67. The first kappa shape index (κ1) is 20.4. The van der Waals surface area contributed by atoms with E-state index < -0.39 is 0 Å². The van der Waals surface area contributed by atoms with Crippen LogP contribution in [-0.4, -0.2) is 30.6 Å². The van der Waals surface area contributed by atoms with E-state index in [4.69, 9.17) is 17.0 Å². The molecule has 6 nitrogen and oxygen atoms in total. The summed E-state index contributed by atoms with van der Waals surface area (Å²) >= 11 is 5.17. The van der Waals surface area contributed by atoms with E-state index in [9.17, 15) is 9.59 Å². The van der Waals surface area contributed by atoms with Gasteiger partial charge in [-0.25, -0.2) is 0 Å². The predicted molar refractivity (Wildman–Crippen MR) is 110 cm³/mol. The van der Waals surface area contributed by atoms with Crippen LogP contribution in [0.5, 0.6) is 5.75 Å². The number of carbonyl (C=O) groups excluding carboxylic acids is 2. The van der Waals surface area contributed by atoms with E-state index in [0.29, 0.717) is 17.8 Å². The van der Waals surface area contributed by atoms with Crippen LogP contribution in [0.25, 0.3) is 0 Å². The minimum Gasteiger partial charge on any atom is -0.497 e. The zero-order valence-corrected chi connectivity index (χ0v) is 16.2. The van der Waals surface area contributed by atoms with Gasteiger partial charge < -0.3 is 20.7 Å². The molecule has 0 atom stereocenters. The Morgan fingerprint density at radius 2 is 1.70 bits per heavy atom. The normalized spacial score (nSPS) is 10.0. The third-order valence-corrected chi connectivity index (χ3v) is 3.92. The van der Waals surface area contributed by atoms with E-state index in [0.717, 1.165) is 17.7 Å². The number of thiocarbonyl (C=S) groups is 1. The van der Waals surface area contributed by atoms with Crippen LogP contribution >= 0.6 is 12.2 Å². The van der Waals surface area contributed by atoms with Gasteiger partial charge in [0.15, 0.2) is 5.11 Å². The Bertz CT molecular complexity index is 789. The van der Waals surface area contributed by atoms with Gasteiger partial charge in [-0.15, -0.1) is 0 Å². The number of methoxy groups -OCH3 is 1. The Morgan fingerprint density at radius 1 is 1.04 bits per heavy atom. The summed E-state index contributed by atoms with van der Waals surface area (Å²) in [5.41, 5.74) is 2.12. The van der Waals surface area contributed by atoms with E-state index in [2.05, 4.69) is 16.0 Å². The number of hydrogen-bond acceptors (Lipinski definition) is 4. The van der Waals surface area contributed by atoms with Gasteiger partial charge in [0.05, 0.1) is 13.5 Å². The lowest BCUT2D eigenvalue weighted by molar-refractivity contribution is -0.119. The molecule has 0 saturated carbocycles. The van der Waals surface area contributed by atoms with Crippen LogP contribution in [0, 0.1) is 0 Å². The number of anilines is 1. The first-order valence-electron chi connectivity index (χ1n) is 8.64. The van der Waals surface area contributed by atoms with Crippen LogP contribution in [0.2, 0.25) is 0 Å². The molecule has 0 spiro atoms. The maximum atomic E-state index is 12.1. The molecule has 7 heteroatoms. The van der Waals surface area contributed by atoms with E-state index in [1.54, 1.807) is 43.5 Å². The zero-order chi connectivity index (χ0) is 19.6. The molecule has 0 heterocycles. The summed E-state index contributed by atoms with van der Waals surface area (Å²) in [5.74, 6) is 0.412. The number of hydrogen-bond donors (Lipinski definition) is 3. The molecule has 27 heavy (non-hydrogen) atoms. The third-order valence-electron chi connectivity index (χ3n) is 3.72. The molecule has 0 aliphatic rings.